The number of benzene rings is 2. The first-order valence-electron chi connectivity index (χ1n) is 7.05. The second-order valence-electron chi connectivity index (χ2n) is 5.28. The van der Waals surface area contributed by atoms with Crippen LogP contribution in [0, 0.1) is 11.6 Å². The van der Waals surface area contributed by atoms with Gasteiger partial charge in [-0.15, -0.1) is 0 Å². The third-order valence-electron chi connectivity index (χ3n) is 3.50. The number of alkyl halides is 2. The van der Waals surface area contributed by atoms with E-state index in [4.69, 9.17) is 17.3 Å². The van der Waals surface area contributed by atoms with Gasteiger partial charge in [0.25, 0.3) is 6.43 Å². The second-order valence-corrected chi connectivity index (χ2v) is 5.69. The Morgan fingerprint density at radius 3 is 2.40 bits per heavy atom. The largest absolute Gasteiger partial charge is 0.399 e. The van der Waals surface area contributed by atoms with Crippen molar-refractivity contribution >= 4 is 28.9 Å². The van der Waals surface area contributed by atoms with Crippen molar-refractivity contribution in [3.8, 4) is 0 Å². The molecule has 0 bridgehead atoms. The van der Waals surface area contributed by atoms with Crippen molar-refractivity contribution in [3.63, 3.8) is 0 Å². The predicted molar refractivity (Wildman–Crippen MR) is 85.0 cm³/mol. The van der Waals surface area contributed by atoms with Crippen LogP contribution in [0.15, 0.2) is 30.3 Å². The number of halogens is 5. The van der Waals surface area contributed by atoms with Crippen LogP contribution in [0.4, 0.5) is 23.2 Å². The first-order valence-corrected chi connectivity index (χ1v) is 7.43. The number of hydrogen-bond acceptors (Lipinski definition) is 3. The van der Waals surface area contributed by atoms with Crippen LogP contribution in [-0.2, 0) is 17.6 Å². The van der Waals surface area contributed by atoms with Crippen molar-refractivity contribution < 1.29 is 27.2 Å². The van der Waals surface area contributed by atoms with Crippen molar-refractivity contribution in [1.29, 1.82) is 0 Å². The van der Waals surface area contributed by atoms with E-state index in [9.17, 15) is 27.2 Å². The van der Waals surface area contributed by atoms with Crippen molar-refractivity contribution in [2.75, 3.05) is 5.73 Å². The summed E-state index contributed by atoms with van der Waals surface area (Å²) in [6, 6.07) is 6.02. The second kappa shape index (κ2) is 7.65. The molecule has 0 fully saturated rings. The summed E-state index contributed by atoms with van der Waals surface area (Å²) >= 11 is 5.90. The summed E-state index contributed by atoms with van der Waals surface area (Å²) in [5.41, 5.74) is 4.87. The van der Waals surface area contributed by atoms with Gasteiger partial charge < -0.3 is 5.73 Å². The molecule has 132 valence electrons. The molecule has 0 atom stereocenters. The lowest BCUT2D eigenvalue weighted by Crippen LogP contribution is -2.16. The standard InChI is InChI=1S/C17H12ClF4NO2/c18-12-3-2-9(23)6-10(12)14(24)5-8-1-4-13(19)11(16(8)20)7-15(25)17(21)22/h1-4,6,17H,5,7,23H2. The summed E-state index contributed by atoms with van der Waals surface area (Å²) in [7, 11) is 0. The van der Waals surface area contributed by atoms with Gasteiger partial charge in [0.05, 0.1) is 5.02 Å². The molecule has 0 heterocycles. The number of rotatable bonds is 6. The van der Waals surface area contributed by atoms with Gasteiger partial charge in [0, 0.05) is 29.7 Å². The Labute approximate surface area is 145 Å². The highest BCUT2D eigenvalue weighted by atomic mass is 35.5. The van der Waals surface area contributed by atoms with Gasteiger partial charge in [-0.3, -0.25) is 9.59 Å². The fourth-order valence-corrected chi connectivity index (χ4v) is 2.44. The number of carbonyl (C=O) groups excluding carboxylic acids is 2. The molecule has 0 spiro atoms. The lowest BCUT2D eigenvalue weighted by atomic mass is 9.98. The zero-order valence-electron chi connectivity index (χ0n) is 12.7. The Morgan fingerprint density at radius 1 is 1.08 bits per heavy atom. The summed E-state index contributed by atoms with van der Waals surface area (Å²) in [6.07, 6.45) is -4.93. The molecular formula is C17H12ClF4NO2. The van der Waals surface area contributed by atoms with E-state index < -0.39 is 48.0 Å². The van der Waals surface area contributed by atoms with Crippen LogP contribution < -0.4 is 5.73 Å². The highest BCUT2D eigenvalue weighted by Crippen LogP contribution is 2.24. The van der Waals surface area contributed by atoms with Gasteiger partial charge in [-0.1, -0.05) is 17.7 Å². The summed E-state index contributed by atoms with van der Waals surface area (Å²) in [4.78, 5) is 23.4. The Bertz CT molecular complexity index is 840. The van der Waals surface area contributed by atoms with Crippen molar-refractivity contribution in [2.45, 2.75) is 19.3 Å². The van der Waals surface area contributed by atoms with E-state index >= 15 is 0 Å². The Balaban J connectivity index is 2.32. The zero-order valence-corrected chi connectivity index (χ0v) is 13.4. The van der Waals surface area contributed by atoms with E-state index in [0.717, 1.165) is 12.1 Å². The molecule has 0 aromatic heterocycles. The van der Waals surface area contributed by atoms with Crippen LogP contribution in [0.5, 0.6) is 0 Å². The number of Topliss-reactive ketones (excluding diaryl/α,β-unsaturated/α-hetero) is 2. The third kappa shape index (κ3) is 4.36. The molecule has 2 aromatic carbocycles. The summed E-state index contributed by atoms with van der Waals surface area (Å²) in [6.45, 7) is 0. The van der Waals surface area contributed by atoms with Gasteiger partial charge in [-0.05, 0) is 29.8 Å². The van der Waals surface area contributed by atoms with E-state index in [2.05, 4.69) is 0 Å². The number of nitrogens with two attached hydrogens (primary N) is 1. The van der Waals surface area contributed by atoms with Crippen LogP contribution in [0.25, 0.3) is 0 Å². The molecule has 3 nitrogen and oxygen atoms in total. The third-order valence-corrected chi connectivity index (χ3v) is 3.83. The Morgan fingerprint density at radius 2 is 1.76 bits per heavy atom. The lowest BCUT2D eigenvalue weighted by molar-refractivity contribution is -0.128. The number of nitrogen functional groups attached to an aromatic ring is 1. The van der Waals surface area contributed by atoms with Gasteiger partial charge in [0.2, 0.25) is 5.78 Å². The first kappa shape index (κ1) is 18.9. The van der Waals surface area contributed by atoms with Gasteiger partial charge in [0.15, 0.2) is 5.78 Å². The van der Waals surface area contributed by atoms with Crippen LogP contribution in [0.2, 0.25) is 5.02 Å². The molecular weight excluding hydrogens is 362 g/mol. The fraction of sp³-hybridized carbons (Fsp3) is 0.176. The van der Waals surface area contributed by atoms with Gasteiger partial charge in [-0.25, -0.2) is 17.6 Å². The summed E-state index contributed by atoms with van der Waals surface area (Å²) < 4.78 is 52.7. The van der Waals surface area contributed by atoms with Crippen LogP contribution in [0.3, 0.4) is 0 Å². The molecule has 0 amide bonds. The maximum absolute atomic E-state index is 14.4. The number of carbonyl (C=O) groups is 2. The topological polar surface area (TPSA) is 60.2 Å². The van der Waals surface area contributed by atoms with E-state index in [0.29, 0.717) is 0 Å². The van der Waals surface area contributed by atoms with Crippen molar-refractivity contribution in [2.24, 2.45) is 0 Å². The maximum Gasteiger partial charge on any atom is 0.296 e. The SMILES string of the molecule is Nc1ccc(Cl)c(C(=O)Cc2ccc(F)c(CC(=O)C(F)F)c2F)c1. The smallest absolute Gasteiger partial charge is 0.296 e. The van der Waals surface area contributed by atoms with E-state index in [1.54, 1.807) is 0 Å². The molecule has 2 rings (SSSR count). The van der Waals surface area contributed by atoms with Crippen LogP contribution >= 0.6 is 11.6 Å². The average molecular weight is 374 g/mol. The molecule has 0 aliphatic carbocycles. The number of hydrogen-bond donors (Lipinski definition) is 1. The minimum absolute atomic E-state index is 0.0515. The van der Waals surface area contributed by atoms with Crippen LogP contribution in [-0.4, -0.2) is 18.0 Å². The van der Waals surface area contributed by atoms with Crippen molar-refractivity contribution in [1.82, 2.24) is 0 Å². The summed E-state index contributed by atoms with van der Waals surface area (Å²) in [5, 5.41) is 0.106. The molecule has 0 saturated heterocycles. The molecule has 0 saturated carbocycles. The predicted octanol–water partition coefficient (Wildman–Crippen LogP) is 4.00. The molecule has 25 heavy (non-hydrogen) atoms. The minimum Gasteiger partial charge on any atom is -0.399 e. The molecule has 0 aliphatic heterocycles. The van der Waals surface area contributed by atoms with Crippen LogP contribution in [0.1, 0.15) is 21.5 Å². The molecule has 8 heteroatoms. The molecule has 0 aliphatic rings. The Hall–Kier alpha value is -2.41. The van der Waals surface area contributed by atoms with Gasteiger partial charge in [-0.2, -0.15) is 0 Å². The fourth-order valence-electron chi connectivity index (χ4n) is 2.22. The minimum atomic E-state index is -3.34. The Kier molecular flexibility index (Phi) is 5.79. The van der Waals surface area contributed by atoms with Gasteiger partial charge in [0.1, 0.15) is 11.6 Å². The molecule has 2 N–H and O–H groups in total. The quantitative estimate of drug-likeness (QED) is 0.473. The first-order chi connectivity index (χ1) is 11.7. The zero-order chi connectivity index (χ0) is 18.7. The normalized spacial score (nSPS) is 11.0. The van der Waals surface area contributed by atoms with E-state index in [-0.39, 0.29) is 21.8 Å². The average Bonchev–Trinajstić information content (AvgIpc) is 2.55. The molecule has 2 aromatic rings. The van der Waals surface area contributed by atoms with E-state index in [1.165, 1.54) is 18.2 Å². The lowest BCUT2D eigenvalue weighted by Gasteiger charge is -2.10. The number of ketones is 2. The van der Waals surface area contributed by atoms with Crippen molar-refractivity contribution in [3.05, 3.63) is 63.7 Å². The monoisotopic (exact) mass is 373 g/mol. The highest BCUT2D eigenvalue weighted by Gasteiger charge is 2.23. The summed E-state index contributed by atoms with van der Waals surface area (Å²) in [5.74, 6) is -4.54. The molecule has 0 unspecified atom stereocenters. The maximum atomic E-state index is 14.4. The van der Waals surface area contributed by atoms with E-state index in [1.807, 2.05) is 0 Å². The molecule has 0 radical (unpaired) electrons. The number of anilines is 1. The highest BCUT2D eigenvalue weighted by molar-refractivity contribution is 6.34. The van der Waals surface area contributed by atoms with Gasteiger partial charge >= 0.3 is 0 Å².